The second-order valence-electron chi connectivity index (χ2n) is 12.5. The Morgan fingerprint density at radius 3 is 1.42 bits per heavy atom. The zero-order valence-electron chi connectivity index (χ0n) is 27.9. The average Bonchev–Trinajstić information content (AvgIpc) is 3.95. The Kier molecular flexibility index (Phi) is 8.75. The van der Waals surface area contributed by atoms with Crippen LogP contribution in [0.25, 0.3) is 85.4 Å². The van der Waals surface area contributed by atoms with Crippen LogP contribution < -0.4 is 0 Å². The smallest absolute Gasteiger partial charge is 0.123 e. The molecule has 3 radical (unpaired) electrons. The number of fused-ring (bicyclic) bond motifs is 8. The van der Waals surface area contributed by atoms with E-state index in [1.807, 2.05) is 59.2 Å². The molecule has 2 aliphatic heterocycles. The lowest BCUT2D eigenvalue weighted by molar-refractivity contribution is 0.627. The fourth-order valence-corrected chi connectivity index (χ4v) is 6.86. The molecule has 0 atom stereocenters. The molecule has 9 heteroatoms. The van der Waals surface area contributed by atoms with Crippen molar-refractivity contribution in [3.05, 3.63) is 173 Å². The number of halogens is 4. The first-order valence-corrected chi connectivity index (χ1v) is 16.6. The van der Waals surface area contributed by atoms with Crippen molar-refractivity contribution in [2.24, 2.45) is 0 Å². The van der Waals surface area contributed by atoms with E-state index in [0.717, 1.165) is 16.7 Å². The highest BCUT2D eigenvalue weighted by Gasteiger charge is 2.26. The van der Waals surface area contributed by atoms with Crippen LogP contribution >= 0.6 is 0 Å². The summed E-state index contributed by atoms with van der Waals surface area (Å²) in [6.45, 7) is 0. The minimum Gasteiger partial charge on any atom is -0.355 e. The number of aromatic amines is 1. The van der Waals surface area contributed by atoms with Crippen LogP contribution in [0.15, 0.2) is 127 Å². The van der Waals surface area contributed by atoms with E-state index >= 15 is 0 Å². The zero-order valence-corrected chi connectivity index (χ0v) is 29.0. The summed E-state index contributed by atoms with van der Waals surface area (Å²) in [5, 5.41) is 0. The number of rotatable bonds is 4. The minimum absolute atomic E-state index is 0. The molecule has 4 aromatic carbocycles. The lowest BCUT2D eigenvalue weighted by Gasteiger charge is -2.13. The Hall–Kier alpha value is -6.27. The highest BCUT2D eigenvalue weighted by atomic mass is 27.0. The molecule has 8 bridgehead atoms. The van der Waals surface area contributed by atoms with Gasteiger partial charge in [0.25, 0.3) is 0 Å². The second kappa shape index (κ2) is 13.7. The van der Waals surface area contributed by atoms with Crippen LogP contribution in [-0.4, -0.2) is 36.9 Å². The van der Waals surface area contributed by atoms with Crippen molar-refractivity contribution in [2.75, 3.05) is 0 Å². The van der Waals surface area contributed by atoms with Crippen molar-refractivity contribution >= 4 is 63.7 Å². The van der Waals surface area contributed by atoms with Gasteiger partial charge in [-0.1, -0.05) is 36.4 Å². The maximum Gasteiger partial charge on any atom is 0.123 e. The fraction of sp³-hybridized carbons (Fsp3) is 0. The third kappa shape index (κ3) is 6.42. The average molecular weight is 714 g/mol. The van der Waals surface area contributed by atoms with Crippen molar-refractivity contribution in [2.45, 2.75) is 0 Å². The van der Waals surface area contributed by atoms with E-state index in [9.17, 15) is 17.6 Å². The summed E-state index contributed by atoms with van der Waals surface area (Å²) in [6.07, 6.45) is 7.63. The van der Waals surface area contributed by atoms with Crippen LogP contribution in [0.4, 0.5) is 17.6 Å². The Labute approximate surface area is 312 Å². The molecule has 0 saturated carbocycles. The Morgan fingerprint density at radius 2 is 0.868 bits per heavy atom. The highest BCUT2D eigenvalue weighted by Crippen LogP contribution is 2.47. The van der Waals surface area contributed by atoms with Gasteiger partial charge in [-0.25, -0.2) is 27.5 Å². The molecule has 9 rings (SSSR count). The van der Waals surface area contributed by atoms with Crippen molar-refractivity contribution < 1.29 is 17.6 Å². The Morgan fingerprint density at radius 1 is 0.434 bits per heavy atom. The molecular weight excluding hydrogens is 687 g/mol. The molecule has 3 aromatic heterocycles. The van der Waals surface area contributed by atoms with E-state index < -0.39 is 23.3 Å². The summed E-state index contributed by atoms with van der Waals surface area (Å²) in [7, 11) is 0. The quantitative estimate of drug-likeness (QED) is 0.146. The SMILES string of the molecule is Fc1ccc(-c2c(-c3ccc(F)cc3)c3c(-c4ccc(F)cc4)c4nc(cc5ccc(cc6nc(cc2n3-c2ccc(F)cc2)C=C6)[nH]5)C=C4)cc1.[Al]. The van der Waals surface area contributed by atoms with Crippen molar-refractivity contribution in [1.29, 1.82) is 0 Å². The number of nitrogens with one attached hydrogen (secondary N) is 1. The third-order valence-electron chi connectivity index (χ3n) is 9.15. The van der Waals surface area contributed by atoms with Gasteiger partial charge in [-0.15, -0.1) is 0 Å². The van der Waals surface area contributed by atoms with E-state index in [0.29, 0.717) is 67.2 Å². The molecule has 53 heavy (non-hydrogen) atoms. The molecule has 4 nitrogen and oxygen atoms in total. The largest absolute Gasteiger partial charge is 0.355 e. The molecule has 5 heterocycles. The maximum atomic E-state index is 14.6. The summed E-state index contributed by atoms with van der Waals surface area (Å²) in [4.78, 5) is 13.4. The minimum atomic E-state index is -0.416. The van der Waals surface area contributed by atoms with Crippen molar-refractivity contribution in [3.63, 3.8) is 0 Å². The van der Waals surface area contributed by atoms with Gasteiger partial charge in [0, 0.05) is 50.8 Å². The van der Waals surface area contributed by atoms with E-state index in [2.05, 4.69) is 4.98 Å². The molecule has 0 spiro atoms. The van der Waals surface area contributed by atoms with Crippen LogP contribution in [-0.2, 0) is 0 Å². The second-order valence-corrected chi connectivity index (χ2v) is 12.5. The Bertz CT molecular complexity index is 2750. The first kappa shape index (κ1) is 33.9. The van der Waals surface area contributed by atoms with Gasteiger partial charge in [-0.3, -0.25) is 0 Å². The lowest BCUT2D eigenvalue weighted by atomic mass is 9.93. The molecule has 0 amide bonds. The molecule has 0 fully saturated rings. The van der Waals surface area contributed by atoms with Crippen molar-refractivity contribution in [3.8, 4) is 39.1 Å². The predicted octanol–water partition coefficient (Wildman–Crippen LogP) is 11.3. The molecule has 1 N–H and O–H groups in total. The first-order valence-electron chi connectivity index (χ1n) is 16.6. The first-order chi connectivity index (χ1) is 25.4. The molecule has 0 saturated heterocycles. The van der Waals surface area contributed by atoms with E-state index in [1.54, 1.807) is 48.5 Å². The van der Waals surface area contributed by atoms with Crippen LogP contribution in [0.3, 0.4) is 0 Å². The third-order valence-corrected chi connectivity index (χ3v) is 9.15. The number of benzene rings is 4. The van der Waals surface area contributed by atoms with Gasteiger partial charge in [-0.05, 0) is 132 Å². The van der Waals surface area contributed by atoms with Crippen LogP contribution in [0.2, 0.25) is 0 Å². The summed E-state index contributed by atoms with van der Waals surface area (Å²) in [5.41, 5.74) is 10.2. The molecule has 7 aromatic rings. The van der Waals surface area contributed by atoms with Crippen LogP contribution in [0.5, 0.6) is 0 Å². The Balaban J connectivity index is 0.00000400. The van der Waals surface area contributed by atoms with Gasteiger partial charge >= 0.3 is 0 Å². The summed E-state index contributed by atoms with van der Waals surface area (Å²) in [6, 6.07) is 34.4. The monoisotopic (exact) mass is 713 g/mol. The topological polar surface area (TPSA) is 46.5 Å². The van der Waals surface area contributed by atoms with Gasteiger partial charge < -0.3 is 9.55 Å². The predicted molar refractivity (Wildman–Crippen MR) is 206 cm³/mol. The summed E-state index contributed by atoms with van der Waals surface area (Å²) >= 11 is 0. The van der Waals surface area contributed by atoms with Gasteiger partial charge in [0.1, 0.15) is 23.3 Å². The standard InChI is InChI=1S/C44H26F4N4.Al/c45-29-7-1-26(2-8-29)41-39-22-19-36(51-39)24-35-16-15-33(49-35)23-34-17-18-37(50-34)25-40-42(27-3-9-30(46)10-4-27)43(28-5-11-31(47)12-6-28)44(41)52(40)38-20-13-32(48)14-21-38;/h1-25,49H;. The molecular formula is C44H26AlF4N4. The number of H-pyrrole nitrogens is 1. The fourth-order valence-electron chi connectivity index (χ4n) is 6.86. The molecule has 0 unspecified atom stereocenters. The van der Waals surface area contributed by atoms with Gasteiger partial charge in [0.05, 0.1) is 33.8 Å². The molecule has 2 aliphatic rings. The maximum absolute atomic E-state index is 14.6. The molecule has 253 valence electrons. The normalized spacial score (nSPS) is 11.8. The van der Waals surface area contributed by atoms with Crippen molar-refractivity contribution in [1.82, 2.24) is 19.5 Å². The van der Waals surface area contributed by atoms with Gasteiger partial charge in [0.2, 0.25) is 0 Å². The summed E-state index contributed by atoms with van der Waals surface area (Å²) < 4.78 is 60.2. The number of hydrogen-bond donors (Lipinski definition) is 1. The number of hydrogen-bond acceptors (Lipinski definition) is 2. The lowest BCUT2D eigenvalue weighted by Crippen LogP contribution is -1.98. The zero-order chi connectivity index (χ0) is 35.3. The van der Waals surface area contributed by atoms with Crippen LogP contribution in [0.1, 0.15) is 22.8 Å². The summed E-state index contributed by atoms with van der Waals surface area (Å²) in [5.74, 6) is -1.65. The van der Waals surface area contributed by atoms with E-state index in [-0.39, 0.29) is 17.4 Å². The number of aromatic nitrogens is 4. The molecule has 0 aliphatic carbocycles. The highest BCUT2D eigenvalue weighted by molar-refractivity contribution is 6.10. The number of nitrogens with zero attached hydrogens (tertiary/aromatic N) is 3. The van der Waals surface area contributed by atoms with E-state index in [1.165, 1.54) is 48.5 Å². The van der Waals surface area contributed by atoms with E-state index in [4.69, 9.17) is 9.97 Å². The van der Waals surface area contributed by atoms with Gasteiger partial charge in [-0.2, -0.15) is 0 Å². The van der Waals surface area contributed by atoms with Gasteiger partial charge in [0.15, 0.2) is 0 Å². The van der Waals surface area contributed by atoms with Crippen LogP contribution in [0, 0.1) is 23.3 Å².